The van der Waals surface area contributed by atoms with Gasteiger partial charge in [0.1, 0.15) is 0 Å². The molecule has 1 heteroatoms. The second kappa shape index (κ2) is 57.5. The molecule has 0 aromatic heterocycles. The Balaban J connectivity index is -0.0000000545. The minimum atomic E-state index is 1.10. The molecule has 0 spiro atoms. The van der Waals surface area contributed by atoms with Gasteiger partial charge in [0.15, 0.2) is 0 Å². The Morgan fingerprint density at radius 1 is 0.818 bits per heavy atom. The van der Waals surface area contributed by atoms with Gasteiger partial charge in [-0.15, -0.1) is 6.58 Å². The minimum absolute atomic E-state index is 1.10. The summed E-state index contributed by atoms with van der Waals surface area (Å²) in [6.45, 7) is 36.6. The van der Waals surface area contributed by atoms with Crippen LogP contribution in [0.25, 0.3) is 5.57 Å². The molecule has 0 heterocycles. The Kier molecular flexibility index (Phi) is 85.3. The third kappa shape index (κ3) is 59.0. The molecule has 0 unspecified atom stereocenters. The smallest absolute Gasteiger partial charge is 0.0195 e. The van der Waals surface area contributed by atoms with Gasteiger partial charge in [-0.05, 0) is 50.9 Å². The molecule has 0 saturated carbocycles. The zero-order chi connectivity index (χ0) is 28.1. The van der Waals surface area contributed by atoms with E-state index in [2.05, 4.69) is 92.5 Å². The van der Waals surface area contributed by atoms with Gasteiger partial charge in [-0.25, -0.2) is 0 Å². The lowest BCUT2D eigenvalue weighted by atomic mass is 10.00. The van der Waals surface area contributed by atoms with Gasteiger partial charge in [-0.1, -0.05) is 151 Å². The molecule has 2 N–H and O–H groups in total. The number of hydrogen-bond donors (Lipinski definition) is 1. The van der Waals surface area contributed by atoms with E-state index in [1.54, 1.807) is 6.08 Å². The van der Waals surface area contributed by atoms with Gasteiger partial charge in [0.05, 0.1) is 0 Å². The van der Waals surface area contributed by atoms with Gasteiger partial charge in [0, 0.05) is 0 Å². The van der Waals surface area contributed by atoms with E-state index in [1.165, 1.54) is 62.3 Å². The van der Waals surface area contributed by atoms with Crippen molar-refractivity contribution in [2.24, 2.45) is 5.73 Å². The van der Waals surface area contributed by atoms with Crippen molar-refractivity contribution in [1.82, 2.24) is 0 Å². The van der Waals surface area contributed by atoms with Gasteiger partial charge in [0.25, 0.3) is 0 Å². The molecular weight excluding hydrogens is 398 g/mol. The minimum Gasteiger partial charge on any atom is -0.333 e. The van der Waals surface area contributed by atoms with Gasteiger partial charge in [-0.3, -0.25) is 0 Å². The first-order valence-electron chi connectivity index (χ1n) is 13.7. The maximum atomic E-state index is 4.50. The Hall–Kier alpha value is -1.34. The van der Waals surface area contributed by atoms with Crippen LogP contribution in [0.4, 0.5) is 0 Å². The molecule has 202 valence electrons. The van der Waals surface area contributed by atoms with Crippen LogP contribution in [0.15, 0.2) is 37.4 Å². The number of unbranched alkanes of at least 4 members (excludes halogenated alkanes) is 3. The summed E-state index contributed by atoms with van der Waals surface area (Å²) in [4.78, 5) is 0. The lowest BCUT2D eigenvalue weighted by Crippen LogP contribution is -1.88. The monoisotopic (exact) mass is 468 g/mol. The van der Waals surface area contributed by atoms with Gasteiger partial charge < -0.3 is 5.73 Å². The first kappa shape index (κ1) is 48.9. The van der Waals surface area contributed by atoms with E-state index in [9.17, 15) is 0 Å². The standard InChI is InChI=1S/C12H16.C5H12.C4H10.C3H8.C3H6.2C2H6.CH5N/c1-5-11-8-12(9(2)3)7-6-10(11)4;1-3-5-4-2;1-3-4-2;2*1-3-2;3*1-2/h6-8H,2,5H2,1,3-4H3;3-5H2,1-2H3;3-4H2,1-2H3;3H2,1-2H3;3H,1H2,2H3;2*1-2H3;2H2,1H3. The molecule has 33 heavy (non-hydrogen) atoms. The second-order valence-corrected chi connectivity index (χ2v) is 6.74. The number of rotatable bonds is 5. The van der Waals surface area contributed by atoms with Gasteiger partial charge in [-0.2, -0.15) is 0 Å². The Morgan fingerprint density at radius 2 is 1.15 bits per heavy atom. The van der Waals surface area contributed by atoms with Crippen molar-refractivity contribution in [3.8, 4) is 0 Å². The van der Waals surface area contributed by atoms with Crippen molar-refractivity contribution in [2.75, 3.05) is 7.05 Å². The average Bonchev–Trinajstić information content (AvgIpc) is 2.85. The fourth-order valence-corrected chi connectivity index (χ4v) is 1.67. The zero-order valence-electron chi connectivity index (χ0n) is 26.3. The highest BCUT2D eigenvalue weighted by atomic mass is 14.4. The topological polar surface area (TPSA) is 26.0 Å². The first-order chi connectivity index (χ1) is 15.8. The highest BCUT2D eigenvalue weighted by molar-refractivity contribution is 5.62. The summed E-state index contributed by atoms with van der Waals surface area (Å²) in [5.74, 6) is 0. The van der Waals surface area contributed by atoms with Crippen molar-refractivity contribution in [3.05, 3.63) is 54.1 Å². The zero-order valence-corrected chi connectivity index (χ0v) is 26.3. The van der Waals surface area contributed by atoms with Crippen molar-refractivity contribution in [1.29, 1.82) is 0 Å². The fraction of sp³-hybridized carbons (Fsp3) is 0.688. The Bertz CT molecular complexity index is 415. The van der Waals surface area contributed by atoms with Crippen LogP contribution in [0.3, 0.4) is 0 Å². The fourth-order valence-electron chi connectivity index (χ4n) is 1.67. The highest BCUT2D eigenvalue weighted by Gasteiger charge is 1.98. The predicted molar refractivity (Wildman–Crippen MR) is 166 cm³/mol. The summed E-state index contributed by atoms with van der Waals surface area (Å²) < 4.78 is 0. The SMILES string of the molecule is C=C(C)c1ccc(C)c(CC)c1.C=CC.CC.CC.CCC.CCCC.CCCCC.CN. The van der Waals surface area contributed by atoms with Crippen LogP contribution in [0.1, 0.15) is 145 Å². The largest absolute Gasteiger partial charge is 0.333 e. The Morgan fingerprint density at radius 3 is 1.33 bits per heavy atom. The number of aryl methyl sites for hydroxylation is 2. The molecule has 0 aliphatic heterocycles. The van der Waals surface area contributed by atoms with E-state index in [-0.39, 0.29) is 0 Å². The van der Waals surface area contributed by atoms with Crippen LogP contribution >= 0.6 is 0 Å². The second-order valence-electron chi connectivity index (χ2n) is 6.74. The molecule has 0 aliphatic rings. The molecule has 0 fully saturated rings. The van der Waals surface area contributed by atoms with Crippen LogP contribution in [0.5, 0.6) is 0 Å². The molecule has 1 nitrogen and oxygen atoms in total. The molecule has 0 atom stereocenters. The van der Waals surface area contributed by atoms with Crippen LogP contribution in [0.2, 0.25) is 0 Å². The van der Waals surface area contributed by atoms with E-state index >= 15 is 0 Å². The van der Waals surface area contributed by atoms with Crippen LogP contribution in [0, 0.1) is 6.92 Å². The molecule has 0 radical (unpaired) electrons. The maximum Gasteiger partial charge on any atom is -0.0195 e. The summed E-state index contributed by atoms with van der Waals surface area (Å²) in [7, 11) is 1.50. The number of allylic oxidation sites excluding steroid dienone is 2. The normalized spacial score (nSPS) is 7.27. The third-order valence-electron chi connectivity index (χ3n) is 3.43. The van der Waals surface area contributed by atoms with Crippen molar-refractivity contribution in [3.63, 3.8) is 0 Å². The van der Waals surface area contributed by atoms with E-state index < -0.39 is 0 Å². The molecule has 0 aliphatic carbocycles. The van der Waals surface area contributed by atoms with Crippen molar-refractivity contribution in [2.45, 2.75) is 142 Å². The van der Waals surface area contributed by atoms with Gasteiger partial charge >= 0.3 is 0 Å². The van der Waals surface area contributed by atoms with Crippen molar-refractivity contribution < 1.29 is 0 Å². The number of hydrogen-bond acceptors (Lipinski definition) is 1. The number of benzene rings is 1. The highest BCUT2D eigenvalue weighted by Crippen LogP contribution is 2.16. The molecular formula is C32H69N. The molecule has 1 aromatic carbocycles. The van der Waals surface area contributed by atoms with Gasteiger partial charge in [0.2, 0.25) is 0 Å². The van der Waals surface area contributed by atoms with E-state index in [1.807, 2.05) is 41.5 Å². The molecule has 0 saturated heterocycles. The molecule has 1 rings (SSSR count). The van der Waals surface area contributed by atoms with E-state index in [4.69, 9.17) is 0 Å². The van der Waals surface area contributed by atoms with Crippen LogP contribution < -0.4 is 5.73 Å². The maximum absolute atomic E-state index is 4.50. The quantitative estimate of drug-likeness (QED) is 0.428. The summed E-state index contributed by atoms with van der Waals surface area (Å²) >= 11 is 0. The molecule has 1 aromatic rings. The summed E-state index contributed by atoms with van der Waals surface area (Å²) in [6, 6.07) is 6.54. The van der Waals surface area contributed by atoms with Crippen molar-refractivity contribution >= 4 is 5.57 Å². The lowest BCUT2D eigenvalue weighted by molar-refractivity contribution is 0.772. The molecule has 0 amide bonds. The Labute approximate surface area is 214 Å². The third-order valence-corrected chi connectivity index (χ3v) is 3.43. The van der Waals surface area contributed by atoms with Crippen LogP contribution in [-0.4, -0.2) is 7.05 Å². The summed E-state index contributed by atoms with van der Waals surface area (Å²) in [5, 5.41) is 0. The average molecular weight is 468 g/mol. The predicted octanol–water partition coefficient (Wildman–Crippen LogP) is 11.8. The van der Waals surface area contributed by atoms with E-state index in [0.29, 0.717) is 0 Å². The lowest BCUT2D eigenvalue weighted by Gasteiger charge is -2.06. The van der Waals surface area contributed by atoms with E-state index in [0.717, 1.165) is 12.0 Å². The molecule has 0 bridgehead atoms. The number of nitrogens with two attached hydrogens (primary N) is 1. The van der Waals surface area contributed by atoms with Crippen LogP contribution in [-0.2, 0) is 6.42 Å². The summed E-state index contributed by atoms with van der Waals surface area (Å²) in [5.41, 5.74) is 9.71. The summed E-state index contributed by atoms with van der Waals surface area (Å²) in [6.07, 6.45) is 10.8. The first-order valence-corrected chi connectivity index (χ1v) is 13.7.